The normalized spacial score (nSPS) is 25.9. The van der Waals surface area contributed by atoms with Crippen molar-refractivity contribution in [3.63, 3.8) is 0 Å². The third-order valence-electron chi connectivity index (χ3n) is 3.23. The van der Waals surface area contributed by atoms with Crippen LogP contribution in [0, 0.1) is 0 Å². The van der Waals surface area contributed by atoms with Crippen molar-refractivity contribution < 1.29 is 9.94 Å². The van der Waals surface area contributed by atoms with Gasteiger partial charge in [0.2, 0.25) is 0 Å². The second kappa shape index (κ2) is 5.50. The summed E-state index contributed by atoms with van der Waals surface area (Å²) in [5, 5.41) is 11.6. The van der Waals surface area contributed by atoms with E-state index in [1.54, 1.807) is 0 Å². The van der Waals surface area contributed by atoms with E-state index in [1.165, 1.54) is 5.06 Å². The van der Waals surface area contributed by atoms with Crippen molar-refractivity contribution in [1.29, 1.82) is 0 Å². The van der Waals surface area contributed by atoms with Crippen LogP contribution in [0.15, 0.2) is 0 Å². The van der Waals surface area contributed by atoms with Crippen LogP contribution < -0.4 is 0 Å². The van der Waals surface area contributed by atoms with Gasteiger partial charge in [-0.25, -0.2) is 0 Å². The zero-order valence-corrected chi connectivity index (χ0v) is 13.0. The van der Waals surface area contributed by atoms with Gasteiger partial charge in [-0.1, -0.05) is 22.6 Å². The van der Waals surface area contributed by atoms with Gasteiger partial charge >= 0.3 is 0 Å². The third-order valence-corrected chi connectivity index (χ3v) is 4.00. The second-order valence-corrected chi connectivity index (χ2v) is 6.96. The SMILES string of the molecule is CC1(C)CC(OCCCI)CC(C)(C)N1O. The van der Waals surface area contributed by atoms with Crippen molar-refractivity contribution in [2.75, 3.05) is 11.0 Å². The highest BCUT2D eigenvalue weighted by atomic mass is 127. The van der Waals surface area contributed by atoms with Crippen molar-refractivity contribution in [2.24, 2.45) is 0 Å². The molecular weight excluding hydrogens is 317 g/mol. The first kappa shape index (κ1) is 14.7. The van der Waals surface area contributed by atoms with E-state index in [0.29, 0.717) is 0 Å². The van der Waals surface area contributed by atoms with Crippen molar-refractivity contribution in [3.8, 4) is 0 Å². The van der Waals surface area contributed by atoms with E-state index in [1.807, 2.05) is 0 Å². The lowest BCUT2D eigenvalue weighted by molar-refractivity contribution is -0.261. The highest BCUT2D eigenvalue weighted by molar-refractivity contribution is 14.1. The Balaban J connectivity index is 2.57. The number of nitrogens with zero attached hydrogens (tertiary/aromatic N) is 1. The van der Waals surface area contributed by atoms with Gasteiger partial charge < -0.3 is 9.94 Å². The summed E-state index contributed by atoms with van der Waals surface area (Å²) in [6.07, 6.45) is 3.18. The number of alkyl halides is 1. The lowest BCUT2D eigenvalue weighted by Gasteiger charge is -2.51. The molecule has 4 heteroatoms. The van der Waals surface area contributed by atoms with Gasteiger partial charge in [-0.15, -0.1) is 0 Å². The molecule has 1 rings (SSSR count). The maximum Gasteiger partial charge on any atom is 0.0611 e. The molecule has 0 aromatic carbocycles. The Morgan fingerprint density at radius 2 is 1.75 bits per heavy atom. The quantitative estimate of drug-likeness (QED) is 0.484. The number of ether oxygens (including phenoxy) is 1. The fourth-order valence-corrected chi connectivity index (χ4v) is 2.91. The monoisotopic (exact) mass is 341 g/mol. The molecule has 1 N–H and O–H groups in total. The molecule has 16 heavy (non-hydrogen) atoms. The zero-order chi connectivity index (χ0) is 12.4. The molecule has 1 fully saturated rings. The smallest absolute Gasteiger partial charge is 0.0611 e. The van der Waals surface area contributed by atoms with E-state index in [2.05, 4.69) is 50.3 Å². The van der Waals surface area contributed by atoms with E-state index in [4.69, 9.17) is 4.74 Å². The van der Waals surface area contributed by atoms with Crippen LogP contribution in [0.25, 0.3) is 0 Å². The fraction of sp³-hybridized carbons (Fsp3) is 1.00. The van der Waals surface area contributed by atoms with E-state index in [-0.39, 0.29) is 17.2 Å². The molecule has 1 heterocycles. The summed E-state index contributed by atoms with van der Waals surface area (Å²) < 4.78 is 7.04. The molecule has 1 saturated heterocycles. The Morgan fingerprint density at radius 1 is 1.25 bits per heavy atom. The van der Waals surface area contributed by atoms with Gasteiger partial charge in [-0.05, 0) is 47.0 Å². The van der Waals surface area contributed by atoms with Crippen LogP contribution in [0.5, 0.6) is 0 Å². The first-order valence-electron chi connectivity index (χ1n) is 5.96. The van der Waals surface area contributed by atoms with Gasteiger partial charge in [-0.3, -0.25) is 0 Å². The molecule has 1 aliphatic heterocycles. The number of piperidine rings is 1. The summed E-state index contributed by atoms with van der Waals surface area (Å²) >= 11 is 2.37. The van der Waals surface area contributed by atoms with Gasteiger partial charge in [-0.2, -0.15) is 5.06 Å². The van der Waals surface area contributed by atoms with Crippen LogP contribution in [0.1, 0.15) is 47.0 Å². The van der Waals surface area contributed by atoms with E-state index in [9.17, 15) is 5.21 Å². The molecule has 0 spiro atoms. The van der Waals surface area contributed by atoms with Crippen molar-refractivity contribution in [3.05, 3.63) is 0 Å². The van der Waals surface area contributed by atoms with E-state index >= 15 is 0 Å². The maximum absolute atomic E-state index is 10.1. The number of halogens is 1. The van der Waals surface area contributed by atoms with Crippen LogP contribution in [-0.2, 0) is 4.74 Å². The second-order valence-electron chi connectivity index (χ2n) is 5.88. The number of rotatable bonds is 4. The molecule has 0 aromatic heterocycles. The predicted molar refractivity (Wildman–Crippen MR) is 74.3 cm³/mol. The van der Waals surface area contributed by atoms with Gasteiger partial charge in [0.05, 0.1) is 6.10 Å². The van der Waals surface area contributed by atoms with Gasteiger partial charge in [0.15, 0.2) is 0 Å². The van der Waals surface area contributed by atoms with Crippen LogP contribution in [0.3, 0.4) is 0 Å². The average Bonchev–Trinajstić information content (AvgIpc) is 2.14. The Labute approximate surface area is 113 Å². The molecule has 0 saturated carbocycles. The number of hydrogen-bond acceptors (Lipinski definition) is 3. The molecule has 0 bridgehead atoms. The summed E-state index contributed by atoms with van der Waals surface area (Å²) in [5.41, 5.74) is -0.395. The highest BCUT2D eigenvalue weighted by Gasteiger charge is 2.45. The summed E-state index contributed by atoms with van der Waals surface area (Å²) in [4.78, 5) is 0. The first-order valence-corrected chi connectivity index (χ1v) is 7.49. The largest absolute Gasteiger partial charge is 0.378 e. The third kappa shape index (κ3) is 3.55. The summed E-state index contributed by atoms with van der Waals surface area (Å²) in [7, 11) is 0. The minimum atomic E-state index is -0.198. The van der Waals surface area contributed by atoms with Crippen LogP contribution in [-0.4, -0.2) is 38.5 Å². The molecule has 0 atom stereocenters. The maximum atomic E-state index is 10.1. The zero-order valence-electron chi connectivity index (χ0n) is 10.8. The Morgan fingerprint density at radius 3 is 2.19 bits per heavy atom. The molecule has 1 aliphatic rings. The summed E-state index contributed by atoms with van der Waals surface area (Å²) in [5.74, 6) is 0. The Kier molecular flexibility index (Phi) is 5.04. The predicted octanol–water partition coefficient (Wildman–Crippen LogP) is 3.24. The molecule has 0 amide bonds. The molecule has 0 aliphatic carbocycles. The molecule has 0 radical (unpaired) electrons. The van der Waals surface area contributed by atoms with E-state index < -0.39 is 0 Å². The van der Waals surface area contributed by atoms with E-state index in [0.717, 1.165) is 30.3 Å². The van der Waals surface area contributed by atoms with Crippen LogP contribution >= 0.6 is 22.6 Å². The summed E-state index contributed by atoms with van der Waals surface area (Å²) in [6, 6.07) is 0. The minimum absolute atomic E-state index is 0.198. The molecule has 96 valence electrons. The lowest BCUT2D eigenvalue weighted by Crippen LogP contribution is -2.60. The van der Waals surface area contributed by atoms with Gasteiger partial charge in [0.1, 0.15) is 0 Å². The van der Waals surface area contributed by atoms with Crippen molar-refractivity contribution >= 4 is 22.6 Å². The Bertz CT molecular complexity index is 213. The number of hydrogen-bond donors (Lipinski definition) is 1. The average molecular weight is 341 g/mol. The standard InChI is InChI=1S/C12H24INO2/c1-11(2)8-10(16-7-5-6-13)9-12(3,4)14(11)15/h10,15H,5-9H2,1-4H3. The molecule has 0 aromatic rings. The van der Waals surface area contributed by atoms with Gasteiger partial charge in [0, 0.05) is 22.1 Å². The topological polar surface area (TPSA) is 32.7 Å². The molecule has 0 unspecified atom stereocenters. The van der Waals surface area contributed by atoms with Crippen LogP contribution in [0.2, 0.25) is 0 Å². The molecule has 3 nitrogen and oxygen atoms in total. The van der Waals surface area contributed by atoms with Crippen LogP contribution in [0.4, 0.5) is 0 Å². The van der Waals surface area contributed by atoms with Crippen molar-refractivity contribution in [2.45, 2.75) is 64.1 Å². The Hall–Kier alpha value is 0.610. The van der Waals surface area contributed by atoms with Gasteiger partial charge in [0.25, 0.3) is 0 Å². The lowest BCUT2D eigenvalue weighted by atomic mass is 9.80. The summed E-state index contributed by atoms with van der Waals surface area (Å²) in [6.45, 7) is 9.13. The number of hydroxylamine groups is 2. The highest BCUT2D eigenvalue weighted by Crippen LogP contribution is 2.37. The van der Waals surface area contributed by atoms with Crippen molar-refractivity contribution in [1.82, 2.24) is 5.06 Å². The fourth-order valence-electron chi connectivity index (χ4n) is 2.60. The first-order chi connectivity index (χ1) is 7.29. The molecular formula is C12H24INO2. The minimum Gasteiger partial charge on any atom is -0.378 e.